The summed E-state index contributed by atoms with van der Waals surface area (Å²) in [6.45, 7) is 1.11. The van der Waals surface area contributed by atoms with Crippen LogP contribution in [0.3, 0.4) is 0 Å². The van der Waals surface area contributed by atoms with Crippen molar-refractivity contribution in [3.63, 3.8) is 0 Å². The van der Waals surface area contributed by atoms with Crippen molar-refractivity contribution in [2.45, 2.75) is 31.2 Å². The average Bonchev–Trinajstić information content (AvgIpc) is 3.06. The van der Waals surface area contributed by atoms with E-state index in [4.69, 9.17) is 0 Å². The molecule has 4 heterocycles. The minimum atomic E-state index is 0.545. The number of hydrogen-bond acceptors (Lipinski definition) is 4. The van der Waals surface area contributed by atoms with E-state index in [1.165, 1.54) is 30.3 Å². The molecule has 5 nitrogen and oxygen atoms in total. The van der Waals surface area contributed by atoms with Crippen LogP contribution in [0.5, 0.6) is 0 Å². The summed E-state index contributed by atoms with van der Waals surface area (Å²) >= 11 is 0. The lowest BCUT2D eigenvalue weighted by molar-refractivity contribution is 0.485. The average molecular weight is 279 g/mol. The molecule has 2 atom stereocenters. The van der Waals surface area contributed by atoms with Gasteiger partial charge in [0, 0.05) is 34.6 Å². The minimum absolute atomic E-state index is 0.545. The normalized spacial score (nSPS) is 25.9. The molecule has 3 aromatic rings. The van der Waals surface area contributed by atoms with Crippen molar-refractivity contribution in [2.24, 2.45) is 5.92 Å². The molecular formula is C16H17N5. The smallest absolute Gasteiger partial charge is 0.159 e. The van der Waals surface area contributed by atoms with Crippen LogP contribution in [0.15, 0.2) is 24.8 Å². The molecule has 5 heteroatoms. The number of rotatable bonds is 2. The third kappa shape index (κ3) is 1.70. The maximum Gasteiger partial charge on any atom is 0.159 e. The van der Waals surface area contributed by atoms with Gasteiger partial charge in [0.1, 0.15) is 0 Å². The van der Waals surface area contributed by atoms with E-state index in [0.717, 1.165) is 29.0 Å². The first-order valence-electron chi connectivity index (χ1n) is 7.72. The van der Waals surface area contributed by atoms with E-state index in [1.54, 1.807) is 0 Å². The lowest BCUT2D eigenvalue weighted by atomic mass is 9.90. The number of H-pyrrole nitrogens is 1. The van der Waals surface area contributed by atoms with Gasteiger partial charge >= 0.3 is 0 Å². The molecule has 1 saturated carbocycles. The summed E-state index contributed by atoms with van der Waals surface area (Å²) in [5.74, 6) is 1.40. The first-order chi connectivity index (χ1) is 10.4. The third-order valence-electron chi connectivity index (χ3n) is 4.98. The maximum atomic E-state index is 4.46. The molecule has 2 unspecified atom stereocenters. The van der Waals surface area contributed by atoms with Crippen LogP contribution >= 0.6 is 0 Å². The van der Waals surface area contributed by atoms with Gasteiger partial charge < -0.3 is 10.3 Å². The van der Waals surface area contributed by atoms with E-state index in [1.807, 2.05) is 18.7 Å². The van der Waals surface area contributed by atoms with Crippen molar-refractivity contribution in [1.29, 1.82) is 0 Å². The maximum absolute atomic E-state index is 4.46. The van der Waals surface area contributed by atoms with Crippen LogP contribution in [0.25, 0.3) is 21.9 Å². The minimum Gasteiger partial charge on any atom is -0.349 e. The van der Waals surface area contributed by atoms with Crippen LogP contribution in [0.4, 0.5) is 0 Å². The van der Waals surface area contributed by atoms with Crippen LogP contribution in [-0.2, 0) is 0 Å². The van der Waals surface area contributed by atoms with E-state index < -0.39 is 0 Å². The van der Waals surface area contributed by atoms with Crippen molar-refractivity contribution in [3.05, 3.63) is 30.5 Å². The Hall–Kier alpha value is -2.01. The molecule has 2 N–H and O–H groups in total. The van der Waals surface area contributed by atoms with Gasteiger partial charge in [-0.05, 0) is 37.8 Å². The van der Waals surface area contributed by atoms with E-state index in [9.17, 15) is 0 Å². The SMILES string of the molecule is c1cc2c(n1)ncc1nc[nH]c(C3CCNC3C3CC3)c12. The molecule has 1 saturated heterocycles. The number of hydrogen-bond donors (Lipinski definition) is 2. The number of aromatic amines is 1. The van der Waals surface area contributed by atoms with Gasteiger partial charge in [-0.25, -0.2) is 15.0 Å². The van der Waals surface area contributed by atoms with E-state index in [2.05, 4.69) is 31.3 Å². The Morgan fingerprint density at radius 3 is 2.95 bits per heavy atom. The largest absolute Gasteiger partial charge is 0.349 e. The summed E-state index contributed by atoms with van der Waals surface area (Å²) < 4.78 is 0. The third-order valence-corrected chi connectivity index (χ3v) is 4.98. The highest BCUT2D eigenvalue weighted by Crippen LogP contribution is 2.43. The highest BCUT2D eigenvalue weighted by atomic mass is 15.0. The van der Waals surface area contributed by atoms with Gasteiger partial charge in [-0.2, -0.15) is 0 Å². The molecule has 5 rings (SSSR count). The van der Waals surface area contributed by atoms with Gasteiger partial charge in [0.2, 0.25) is 0 Å². The van der Waals surface area contributed by atoms with Gasteiger partial charge in [0.15, 0.2) is 5.65 Å². The Balaban J connectivity index is 1.76. The molecule has 2 aliphatic rings. The summed E-state index contributed by atoms with van der Waals surface area (Å²) in [5, 5.41) is 6.03. The number of fused-ring (bicyclic) bond motifs is 3. The van der Waals surface area contributed by atoms with Crippen LogP contribution in [-0.4, -0.2) is 32.5 Å². The molecule has 3 aromatic heterocycles. The summed E-state index contributed by atoms with van der Waals surface area (Å²) in [7, 11) is 0. The summed E-state index contributed by atoms with van der Waals surface area (Å²) in [6.07, 6.45) is 9.41. The zero-order chi connectivity index (χ0) is 13.8. The zero-order valence-electron chi connectivity index (χ0n) is 11.7. The standard InChI is InChI=1S/C16H17N5/c1-2-9(1)14-11(4-5-17-14)15-13-10-3-6-18-16(10)19-7-12(13)20-8-21-15/h3,6-9,11,14,17H,1-2,4-5H2,(H,20,21). The van der Waals surface area contributed by atoms with Crippen molar-refractivity contribution < 1.29 is 0 Å². The monoisotopic (exact) mass is 279 g/mol. The van der Waals surface area contributed by atoms with Gasteiger partial charge in [-0.15, -0.1) is 0 Å². The number of pyridine rings is 1. The molecular weight excluding hydrogens is 262 g/mol. The van der Waals surface area contributed by atoms with Gasteiger partial charge in [-0.1, -0.05) is 0 Å². The first kappa shape index (κ1) is 11.6. The predicted octanol–water partition coefficient (Wildman–Crippen LogP) is 2.36. The second-order valence-corrected chi connectivity index (χ2v) is 6.23. The molecule has 0 bridgehead atoms. The number of aromatic nitrogens is 4. The van der Waals surface area contributed by atoms with Crippen LogP contribution < -0.4 is 5.32 Å². The molecule has 1 aliphatic carbocycles. The van der Waals surface area contributed by atoms with Crippen molar-refractivity contribution in [1.82, 2.24) is 25.3 Å². The first-order valence-corrected chi connectivity index (χ1v) is 7.72. The van der Waals surface area contributed by atoms with Gasteiger partial charge in [-0.3, -0.25) is 0 Å². The molecule has 0 radical (unpaired) electrons. The number of nitrogens with one attached hydrogen (secondary N) is 2. The second kappa shape index (κ2) is 4.24. The molecule has 106 valence electrons. The van der Waals surface area contributed by atoms with E-state index in [0.29, 0.717) is 12.0 Å². The molecule has 0 aromatic carbocycles. The fourth-order valence-electron chi connectivity index (χ4n) is 3.87. The van der Waals surface area contributed by atoms with Crippen LogP contribution in [0, 0.1) is 5.92 Å². The van der Waals surface area contributed by atoms with Crippen molar-refractivity contribution >= 4 is 21.9 Å². The zero-order valence-corrected chi connectivity index (χ0v) is 11.7. The summed E-state index contributed by atoms with van der Waals surface area (Å²) in [5.41, 5.74) is 3.09. The van der Waals surface area contributed by atoms with Crippen LogP contribution in [0.1, 0.15) is 30.9 Å². The van der Waals surface area contributed by atoms with E-state index in [-0.39, 0.29) is 0 Å². The molecule has 0 spiro atoms. The Bertz CT molecular complexity index is 820. The Kier molecular flexibility index (Phi) is 2.35. The second-order valence-electron chi connectivity index (χ2n) is 6.23. The highest BCUT2D eigenvalue weighted by molar-refractivity contribution is 6.04. The quantitative estimate of drug-likeness (QED) is 0.755. The Labute approximate surface area is 122 Å². The highest BCUT2D eigenvalue weighted by Gasteiger charge is 2.40. The fourth-order valence-corrected chi connectivity index (χ4v) is 3.87. The Morgan fingerprint density at radius 2 is 2.05 bits per heavy atom. The fraction of sp³-hybridized carbons (Fsp3) is 0.438. The van der Waals surface area contributed by atoms with Gasteiger partial charge in [0.25, 0.3) is 0 Å². The lowest BCUT2D eigenvalue weighted by Gasteiger charge is -2.21. The summed E-state index contributed by atoms with van der Waals surface area (Å²) in [4.78, 5) is 16.6. The summed E-state index contributed by atoms with van der Waals surface area (Å²) in [6, 6.07) is 2.66. The topological polar surface area (TPSA) is 66.5 Å². The molecule has 1 aliphatic heterocycles. The number of nitrogens with zero attached hydrogens (tertiary/aromatic N) is 3. The van der Waals surface area contributed by atoms with E-state index >= 15 is 0 Å². The molecule has 21 heavy (non-hydrogen) atoms. The van der Waals surface area contributed by atoms with Crippen molar-refractivity contribution in [3.8, 4) is 0 Å². The molecule has 0 amide bonds. The predicted molar refractivity (Wildman–Crippen MR) is 81.1 cm³/mol. The van der Waals surface area contributed by atoms with Crippen LogP contribution in [0.2, 0.25) is 0 Å². The van der Waals surface area contributed by atoms with Gasteiger partial charge in [0.05, 0.1) is 18.0 Å². The Morgan fingerprint density at radius 1 is 1.10 bits per heavy atom. The van der Waals surface area contributed by atoms with Crippen molar-refractivity contribution in [2.75, 3.05) is 6.54 Å². The molecule has 2 fully saturated rings. The lowest BCUT2D eigenvalue weighted by Crippen LogP contribution is -2.28.